The number of carbonyl (C=O) groups excluding carboxylic acids is 1. The lowest BCUT2D eigenvalue weighted by Crippen LogP contribution is -2.34. The molecule has 2 unspecified atom stereocenters. The first-order valence-corrected chi connectivity index (χ1v) is 11.3. The fourth-order valence-corrected chi connectivity index (χ4v) is 4.60. The molecular formula is C23H34N4O4. The third-order valence-electron chi connectivity index (χ3n) is 6.95. The van der Waals surface area contributed by atoms with Crippen LogP contribution < -0.4 is 10.9 Å². The van der Waals surface area contributed by atoms with E-state index in [1.807, 2.05) is 25.6 Å². The predicted molar refractivity (Wildman–Crippen MR) is 117 cm³/mol. The monoisotopic (exact) mass is 430 g/mol. The van der Waals surface area contributed by atoms with Gasteiger partial charge in [0.2, 0.25) is 0 Å². The van der Waals surface area contributed by atoms with Gasteiger partial charge in [-0.15, -0.1) is 0 Å². The molecule has 170 valence electrons. The van der Waals surface area contributed by atoms with Gasteiger partial charge in [-0.1, -0.05) is 25.9 Å². The van der Waals surface area contributed by atoms with Crippen LogP contribution >= 0.6 is 0 Å². The van der Waals surface area contributed by atoms with Gasteiger partial charge >= 0.3 is 0 Å². The Balaban J connectivity index is 1.55. The van der Waals surface area contributed by atoms with E-state index in [2.05, 4.69) is 31.2 Å². The summed E-state index contributed by atoms with van der Waals surface area (Å²) >= 11 is 0. The van der Waals surface area contributed by atoms with Gasteiger partial charge in [-0.25, -0.2) is 4.68 Å². The number of aromatic nitrogens is 3. The van der Waals surface area contributed by atoms with Crippen LogP contribution in [0.25, 0.3) is 0 Å². The number of rotatable bonds is 4. The van der Waals surface area contributed by atoms with E-state index in [1.165, 1.54) is 0 Å². The van der Waals surface area contributed by atoms with E-state index in [9.17, 15) is 9.59 Å². The van der Waals surface area contributed by atoms with Crippen molar-refractivity contribution in [3.05, 3.63) is 33.1 Å². The largest absolute Gasteiger partial charge is 0.366 e. The molecule has 0 bridgehead atoms. The fourth-order valence-electron chi connectivity index (χ4n) is 4.60. The number of hydrogen-bond donors (Lipinski definition) is 1. The molecule has 1 aliphatic carbocycles. The number of anilines is 1. The summed E-state index contributed by atoms with van der Waals surface area (Å²) in [4.78, 5) is 25.9. The molecule has 0 spiro atoms. The zero-order valence-electron chi connectivity index (χ0n) is 19.4. The van der Waals surface area contributed by atoms with Crippen LogP contribution in [0.1, 0.15) is 98.9 Å². The summed E-state index contributed by atoms with van der Waals surface area (Å²) in [5, 5.41) is 6.84. The van der Waals surface area contributed by atoms with E-state index in [1.54, 1.807) is 4.68 Å². The second-order valence-electron chi connectivity index (χ2n) is 10.1. The topological polar surface area (TPSA) is 91.3 Å². The number of hydrogen-bond acceptors (Lipinski definition) is 5. The minimum atomic E-state index is -0.428. The highest BCUT2D eigenvalue weighted by Gasteiger charge is 2.35. The molecule has 0 radical (unpaired) electrons. The first-order chi connectivity index (χ1) is 14.6. The van der Waals surface area contributed by atoms with Gasteiger partial charge in [0.05, 0.1) is 17.8 Å². The summed E-state index contributed by atoms with van der Waals surface area (Å²) < 4.78 is 15.5. The van der Waals surface area contributed by atoms with Crippen molar-refractivity contribution >= 4 is 11.6 Å². The molecular weight excluding hydrogens is 396 g/mol. The maximum absolute atomic E-state index is 13.0. The van der Waals surface area contributed by atoms with Crippen molar-refractivity contribution in [2.24, 2.45) is 12.5 Å². The fraction of sp³-hybridized carbons (Fsp3) is 0.696. The van der Waals surface area contributed by atoms with Gasteiger partial charge in [0.15, 0.2) is 11.5 Å². The van der Waals surface area contributed by atoms with E-state index in [0.29, 0.717) is 17.0 Å². The van der Waals surface area contributed by atoms with Crippen LogP contribution in [0, 0.1) is 19.3 Å². The quantitative estimate of drug-likeness (QED) is 0.775. The highest BCUT2D eigenvalue weighted by molar-refractivity contribution is 6.04. The van der Waals surface area contributed by atoms with Crippen molar-refractivity contribution in [2.45, 2.75) is 91.4 Å². The summed E-state index contributed by atoms with van der Waals surface area (Å²) in [6, 6.07) is 0.210. The predicted octanol–water partition coefficient (Wildman–Crippen LogP) is 4.43. The molecule has 4 rings (SSSR count). The van der Waals surface area contributed by atoms with E-state index >= 15 is 0 Å². The minimum absolute atomic E-state index is 0.0397. The van der Waals surface area contributed by atoms with Crippen LogP contribution in [0.3, 0.4) is 0 Å². The average molecular weight is 431 g/mol. The number of nitrogens with one attached hydrogen (secondary N) is 1. The molecule has 31 heavy (non-hydrogen) atoms. The summed E-state index contributed by atoms with van der Waals surface area (Å²) in [6.45, 7) is 10.2. The lowest BCUT2D eigenvalue weighted by molar-refractivity contribution is -0.109. The second kappa shape index (κ2) is 7.97. The van der Waals surface area contributed by atoms with Gasteiger partial charge in [-0.2, -0.15) is 0 Å². The first-order valence-electron chi connectivity index (χ1n) is 11.3. The minimum Gasteiger partial charge on any atom is -0.366 e. The second-order valence-corrected chi connectivity index (χ2v) is 10.1. The Morgan fingerprint density at radius 3 is 2.42 bits per heavy atom. The summed E-state index contributed by atoms with van der Waals surface area (Å²) in [7, 11) is 1.86. The van der Waals surface area contributed by atoms with Crippen LogP contribution in [-0.4, -0.2) is 26.5 Å². The first kappa shape index (κ1) is 21.9. The molecule has 2 atom stereocenters. The zero-order valence-corrected chi connectivity index (χ0v) is 19.4. The van der Waals surface area contributed by atoms with Crippen LogP contribution in [0.2, 0.25) is 0 Å². The third kappa shape index (κ3) is 3.86. The molecule has 8 nitrogen and oxygen atoms in total. The van der Waals surface area contributed by atoms with Crippen LogP contribution in [0.5, 0.6) is 0 Å². The van der Waals surface area contributed by atoms with Crippen molar-refractivity contribution in [3.8, 4) is 0 Å². The van der Waals surface area contributed by atoms with Crippen LogP contribution in [0.4, 0.5) is 5.69 Å². The molecule has 1 aliphatic heterocycles. The normalized spacial score (nSPS) is 22.4. The molecule has 2 aliphatic rings. The van der Waals surface area contributed by atoms with Crippen molar-refractivity contribution < 1.29 is 14.1 Å². The SMILES string of the molecule is Cc1c(C(=O)Nc2c(C)n(C)n(C3CCC3)c2=O)noc1C1CCCC(C(C)(C)C)O1. The number of ether oxygens (including phenoxy) is 1. The Labute approximate surface area is 182 Å². The average Bonchev–Trinajstić information content (AvgIpc) is 3.15. The molecule has 8 heteroatoms. The van der Waals surface area contributed by atoms with Gasteiger partial charge < -0.3 is 14.6 Å². The molecule has 2 aromatic heterocycles. The van der Waals surface area contributed by atoms with Crippen molar-refractivity contribution in [1.29, 1.82) is 0 Å². The maximum Gasteiger partial charge on any atom is 0.291 e. The molecule has 3 heterocycles. The smallest absolute Gasteiger partial charge is 0.291 e. The summed E-state index contributed by atoms with van der Waals surface area (Å²) in [6.07, 6.45) is 5.93. The maximum atomic E-state index is 13.0. The van der Waals surface area contributed by atoms with Crippen LogP contribution in [-0.2, 0) is 11.8 Å². The van der Waals surface area contributed by atoms with Gasteiger partial charge in [0, 0.05) is 12.6 Å². The Morgan fingerprint density at radius 2 is 1.81 bits per heavy atom. The van der Waals surface area contributed by atoms with Gasteiger partial charge in [0.25, 0.3) is 11.5 Å². The number of carbonyl (C=O) groups is 1. The lowest BCUT2D eigenvalue weighted by atomic mass is 9.83. The van der Waals surface area contributed by atoms with Crippen molar-refractivity contribution in [2.75, 3.05) is 5.32 Å². The summed E-state index contributed by atoms with van der Waals surface area (Å²) in [5.41, 5.74) is 1.79. The van der Waals surface area contributed by atoms with E-state index < -0.39 is 5.91 Å². The molecule has 1 saturated heterocycles. The van der Waals surface area contributed by atoms with Gasteiger partial charge in [-0.05, 0) is 57.8 Å². The molecule has 1 saturated carbocycles. The Morgan fingerprint density at radius 1 is 1.13 bits per heavy atom. The van der Waals surface area contributed by atoms with Gasteiger partial charge in [0.1, 0.15) is 11.8 Å². The third-order valence-corrected chi connectivity index (χ3v) is 6.95. The Hall–Kier alpha value is -2.35. The van der Waals surface area contributed by atoms with Crippen LogP contribution in [0.15, 0.2) is 9.32 Å². The summed E-state index contributed by atoms with van der Waals surface area (Å²) in [5.74, 6) is 0.179. The van der Waals surface area contributed by atoms with Crippen molar-refractivity contribution in [1.82, 2.24) is 14.5 Å². The molecule has 1 N–H and O–H groups in total. The highest BCUT2D eigenvalue weighted by atomic mass is 16.5. The van der Waals surface area contributed by atoms with E-state index in [4.69, 9.17) is 9.26 Å². The number of nitrogens with zero attached hydrogens (tertiary/aromatic N) is 3. The van der Waals surface area contributed by atoms with Gasteiger partial charge in [-0.3, -0.25) is 14.3 Å². The molecule has 2 aromatic rings. The molecule has 2 fully saturated rings. The number of amides is 1. The highest BCUT2D eigenvalue weighted by Crippen LogP contribution is 2.39. The Kier molecular flexibility index (Phi) is 5.62. The van der Waals surface area contributed by atoms with E-state index in [-0.39, 0.29) is 34.9 Å². The van der Waals surface area contributed by atoms with Crippen molar-refractivity contribution in [3.63, 3.8) is 0 Å². The lowest BCUT2D eigenvalue weighted by Gasteiger charge is -2.37. The molecule has 0 aromatic carbocycles. The zero-order chi connectivity index (χ0) is 22.5. The standard InChI is InChI=1S/C23H34N4O4/c1-13-18(25-31-20(13)16-11-8-12-17(30-16)23(3,4)5)21(28)24-19-14(2)26(6)27(22(19)29)15-9-7-10-15/h15-17H,7-12H2,1-6H3,(H,24,28). The molecule has 1 amide bonds. The van der Waals surface area contributed by atoms with E-state index in [0.717, 1.165) is 44.2 Å². The Bertz CT molecular complexity index is 1040.